The molecule has 2 aliphatic rings. The van der Waals surface area contributed by atoms with Crippen molar-refractivity contribution in [3.63, 3.8) is 0 Å². The van der Waals surface area contributed by atoms with Gasteiger partial charge in [-0.25, -0.2) is 0 Å². The van der Waals surface area contributed by atoms with E-state index in [4.69, 9.17) is 0 Å². The number of rotatable bonds is 6. The first-order valence-electron chi connectivity index (χ1n) is 17.6. The molecule has 2 atom stereocenters. The Morgan fingerprint density at radius 1 is 0.565 bits per heavy atom. The van der Waals surface area contributed by atoms with Crippen LogP contribution in [0.2, 0.25) is 14.0 Å². The Morgan fingerprint density at radius 3 is 1.30 bits per heavy atom. The van der Waals surface area contributed by atoms with Gasteiger partial charge in [0, 0.05) is 0 Å². The summed E-state index contributed by atoms with van der Waals surface area (Å²) in [6.45, 7) is 16.1. The van der Waals surface area contributed by atoms with Crippen molar-refractivity contribution in [1.29, 1.82) is 0 Å². The maximum atomic E-state index is 2.89. The summed E-state index contributed by atoms with van der Waals surface area (Å²) in [5.74, 6) is 0. The fourth-order valence-electron chi connectivity index (χ4n) is 8.76. The minimum atomic E-state index is -4.51. The average molecular weight is 774 g/mol. The van der Waals surface area contributed by atoms with E-state index >= 15 is 0 Å². The number of hydrogen-bond acceptors (Lipinski definition) is 0. The van der Waals surface area contributed by atoms with Crippen LogP contribution in [-0.4, -0.2) is 3.76 Å². The van der Waals surface area contributed by atoms with Crippen LogP contribution in [0.4, 0.5) is 0 Å². The van der Waals surface area contributed by atoms with Crippen molar-refractivity contribution in [1.82, 2.24) is 0 Å². The molecule has 239 valence electrons. The molecule has 2 aliphatic carbocycles. The van der Waals surface area contributed by atoms with Crippen molar-refractivity contribution in [2.75, 3.05) is 0 Å². The van der Waals surface area contributed by atoms with Gasteiger partial charge in [0.2, 0.25) is 0 Å². The molecule has 0 amide bonds. The predicted octanol–water partition coefficient (Wildman–Crippen LogP) is 13.4. The van der Waals surface area contributed by atoms with Crippen LogP contribution in [0.3, 0.4) is 0 Å². The Hall–Kier alpha value is -2.90. The minimum absolute atomic E-state index is 0.150. The normalized spacial score (nSPS) is 19.0. The molecule has 0 heterocycles. The summed E-state index contributed by atoms with van der Waals surface area (Å²) in [7, 11) is 0. The summed E-state index contributed by atoms with van der Waals surface area (Å²) in [5.41, 5.74) is 14.3. The van der Waals surface area contributed by atoms with Crippen molar-refractivity contribution >= 4 is 15.9 Å². The second kappa shape index (κ2) is 10.8. The number of allylic oxidation sites excluding steroid dienone is 2. The number of benzene rings is 4. The van der Waals surface area contributed by atoms with Gasteiger partial charge >= 0.3 is 279 Å². The first kappa shape index (κ1) is 33.0. The first-order valence-corrected chi connectivity index (χ1v) is 34.6. The number of unbranched alkanes of at least 4 members (excludes halogenated alkanes) is 1. The molecule has 0 aromatic heterocycles. The van der Waals surface area contributed by atoms with Gasteiger partial charge in [-0.1, -0.05) is 0 Å². The third kappa shape index (κ3) is 5.45. The summed E-state index contributed by atoms with van der Waals surface area (Å²) in [4.78, 5) is 0. The fraction of sp³-hybridized carbons (Fsp3) is 0.356. The van der Waals surface area contributed by atoms with Crippen molar-refractivity contribution < 1.29 is 16.5 Å². The second-order valence-corrected chi connectivity index (χ2v) is 57.5. The van der Waals surface area contributed by atoms with E-state index in [9.17, 15) is 0 Å². The molecule has 2 unspecified atom stereocenters. The Balaban J connectivity index is 1.47. The summed E-state index contributed by atoms with van der Waals surface area (Å²) in [6, 6.07) is 32.7. The molecule has 1 heteroatoms. The molecule has 0 saturated heterocycles. The molecule has 4 aromatic carbocycles. The molecule has 0 bridgehead atoms. The SMILES string of the molecule is CCC[CH]=[Hf]([CH3])([CH3])([CH3])([CH]1C=Cc2c(-c3ccc(C(C)(C)C)cc3)cccc21)[CH]1C=Cc2c(-c3ccc(C(C)(C)C)cc3)cccc21. The molecule has 0 radical (unpaired) electrons. The molecular weight excluding hydrogens is 719 g/mol. The predicted molar refractivity (Wildman–Crippen MR) is 203 cm³/mol. The molecule has 4 aromatic rings. The fourth-order valence-corrected chi connectivity index (χ4v) is 34.8. The van der Waals surface area contributed by atoms with Crippen LogP contribution in [0.5, 0.6) is 0 Å². The average Bonchev–Trinajstić information content (AvgIpc) is 3.66. The Kier molecular flexibility index (Phi) is 7.76. The molecule has 0 nitrogen and oxygen atoms in total. The van der Waals surface area contributed by atoms with E-state index < -0.39 is 16.5 Å². The maximum absolute atomic E-state index is 4.51. The summed E-state index contributed by atoms with van der Waals surface area (Å²) in [5, 5.41) is 0. The van der Waals surface area contributed by atoms with Crippen LogP contribution in [0.25, 0.3) is 34.4 Å². The molecule has 0 spiro atoms. The van der Waals surface area contributed by atoms with Gasteiger partial charge in [-0.15, -0.1) is 0 Å². The summed E-state index contributed by atoms with van der Waals surface area (Å²) >= 11 is -4.51. The monoisotopic (exact) mass is 775 g/mol. The van der Waals surface area contributed by atoms with Gasteiger partial charge in [-0.3, -0.25) is 0 Å². The topological polar surface area (TPSA) is 0 Å². The van der Waals surface area contributed by atoms with E-state index in [1.807, 2.05) is 0 Å². The Morgan fingerprint density at radius 2 is 0.957 bits per heavy atom. The van der Waals surface area contributed by atoms with Crippen LogP contribution in [0.1, 0.15) is 102 Å². The van der Waals surface area contributed by atoms with Gasteiger partial charge in [0.05, 0.1) is 0 Å². The van der Waals surface area contributed by atoms with Gasteiger partial charge in [0.25, 0.3) is 0 Å². The van der Waals surface area contributed by atoms with Crippen LogP contribution < -0.4 is 0 Å². The quantitative estimate of drug-likeness (QED) is 0.171. The van der Waals surface area contributed by atoms with E-state index in [0.717, 1.165) is 6.42 Å². The molecule has 0 fully saturated rings. The van der Waals surface area contributed by atoms with E-state index in [1.54, 1.807) is 0 Å². The van der Waals surface area contributed by atoms with E-state index in [2.05, 4.69) is 175 Å². The molecule has 0 saturated carbocycles. The Bertz CT molecular complexity index is 1810. The first-order chi connectivity index (χ1) is 21.5. The zero-order valence-electron chi connectivity index (χ0n) is 30.0. The zero-order valence-corrected chi connectivity index (χ0v) is 33.6. The standard InChI is InChI=1S/2C19H19.C4H8.3CH3.Hf/c2*1-19(2,3)16-12-10-15(11-13-16)18-9-5-7-14-6-4-8-17(14)18;1-3-4-2;;;;/h2*4-13H,1-3H3;1H,3-4H2,2H3;3*1H3;. The van der Waals surface area contributed by atoms with Crippen molar-refractivity contribution in [3.8, 4) is 22.3 Å². The third-order valence-electron chi connectivity index (χ3n) is 11.8. The third-order valence-corrected chi connectivity index (χ3v) is 41.2. The van der Waals surface area contributed by atoms with Crippen LogP contribution in [-0.2, 0) is 27.4 Å². The van der Waals surface area contributed by atoms with Crippen molar-refractivity contribution in [3.05, 3.63) is 130 Å². The van der Waals surface area contributed by atoms with Crippen molar-refractivity contribution in [2.24, 2.45) is 0 Å². The van der Waals surface area contributed by atoms with Crippen LogP contribution >= 0.6 is 0 Å². The van der Waals surface area contributed by atoms with Crippen LogP contribution in [0, 0.1) is 0 Å². The molecule has 46 heavy (non-hydrogen) atoms. The van der Waals surface area contributed by atoms with Crippen LogP contribution in [0.15, 0.2) is 97.1 Å². The van der Waals surface area contributed by atoms with Gasteiger partial charge in [-0.05, 0) is 0 Å². The molecular formula is C45H55Hf. The number of fused-ring (bicyclic) bond motifs is 2. The molecule has 0 aliphatic heterocycles. The van der Waals surface area contributed by atoms with Gasteiger partial charge < -0.3 is 0 Å². The van der Waals surface area contributed by atoms with E-state index in [0.29, 0.717) is 7.35 Å². The van der Waals surface area contributed by atoms with Crippen molar-refractivity contribution in [2.45, 2.75) is 93.5 Å². The van der Waals surface area contributed by atoms with Gasteiger partial charge in [-0.2, -0.15) is 0 Å². The summed E-state index contributed by atoms with van der Waals surface area (Å²) < 4.78 is 12.0. The molecule has 0 N–H and O–H groups in total. The molecule has 6 rings (SSSR count). The van der Waals surface area contributed by atoms with E-state index in [-0.39, 0.29) is 10.8 Å². The number of hydrogen-bond donors (Lipinski definition) is 0. The second-order valence-electron chi connectivity index (χ2n) is 18.5. The van der Waals surface area contributed by atoms with E-state index in [1.165, 1.54) is 62.1 Å². The Labute approximate surface area is 277 Å². The van der Waals surface area contributed by atoms with Gasteiger partial charge in [0.1, 0.15) is 0 Å². The summed E-state index contributed by atoms with van der Waals surface area (Å²) in [6.07, 6.45) is 12.5. The zero-order chi connectivity index (χ0) is 33.2. The van der Waals surface area contributed by atoms with Gasteiger partial charge in [0.15, 0.2) is 0 Å².